The smallest absolute Gasteiger partial charge is 0.275 e. The second kappa shape index (κ2) is 2.91. The van der Waals surface area contributed by atoms with E-state index in [1.54, 1.807) is 12.3 Å². The van der Waals surface area contributed by atoms with Crippen molar-refractivity contribution in [3.8, 4) is 0 Å². The highest BCUT2D eigenvalue weighted by molar-refractivity contribution is 5.72. The van der Waals surface area contributed by atoms with E-state index < -0.39 is 0 Å². The van der Waals surface area contributed by atoms with Gasteiger partial charge >= 0.3 is 0 Å². The van der Waals surface area contributed by atoms with Crippen LogP contribution in [0.15, 0.2) is 29.0 Å². The molecule has 0 aromatic carbocycles. The van der Waals surface area contributed by atoms with Crippen LogP contribution in [0, 0.1) is 0 Å². The van der Waals surface area contributed by atoms with E-state index in [9.17, 15) is 0 Å². The number of ether oxygens (including phenoxy) is 1. The average molecular weight is 140 g/mol. The number of aliphatic hydroxyl groups excluding tert-OH is 1. The van der Waals surface area contributed by atoms with E-state index in [1.807, 2.05) is 0 Å². The van der Waals surface area contributed by atoms with E-state index >= 15 is 0 Å². The van der Waals surface area contributed by atoms with Crippen LogP contribution in [0.25, 0.3) is 0 Å². The maximum Gasteiger partial charge on any atom is 0.275 e. The number of nitrogens with zero attached hydrogens (tertiary/aromatic N) is 1. The van der Waals surface area contributed by atoms with Gasteiger partial charge in [0.2, 0.25) is 0 Å². The molecule has 2 N–H and O–H groups in total. The predicted molar refractivity (Wildman–Crippen MR) is 37.4 cm³/mol. The van der Waals surface area contributed by atoms with Crippen LogP contribution in [-0.4, -0.2) is 18.4 Å². The topological polar surface area (TPSA) is 53.9 Å². The third-order valence-electron chi connectivity index (χ3n) is 0.990. The molecule has 0 aliphatic carbocycles. The zero-order chi connectivity index (χ0) is 7.40. The van der Waals surface area contributed by atoms with E-state index in [4.69, 9.17) is 9.84 Å². The molecule has 4 nitrogen and oxygen atoms in total. The van der Waals surface area contributed by atoms with Gasteiger partial charge in [-0.25, -0.2) is 4.99 Å². The van der Waals surface area contributed by atoms with Crippen LogP contribution in [0.5, 0.6) is 0 Å². The van der Waals surface area contributed by atoms with E-state index in [0.717, 1.165) is 0 Å². The van der Waals surface area contributed by atoms with Gasteiger partial charge in [0.25, 0.3) is 11.8 Å². The van der Waals surface area contributed by atoms with Crippen molar-refractivity contribution in [1.29, 1.82) is 0 Å². The molecule has 0 bridgehead atoms. The van der Waals surface area contributed by atoms with E-state index in [2.05, 4.69) is 10.3 Å². The molecule has 0 unspecified atom stereocenters. The van der Waals surface area contributed by atoms with Crippen molar-refractivity contribution in [3.63, 3.8) is 0 Å². The second-order valence-corrected chi connectivity index (χ2v) is 1.64. The largest absolute Gasteiger partial charge is 0.491 e. The lowest BCUT2D eigenvalue weighted by molar-refractivity contribution is 0.243. The monoisotopic (exact) mass is 140 g/mol. The molecule has 0 amide bonds. The van der Waals surface area contributed by atoms with Crippen LogP contribution in [0.4, 0.5) is 0 Å². The summed E-state index contributed by atoms with van der Waals surface area (Å²) >= 11 is 0. The van der Waals surface area contributed by atoms with E-state index in [0.29, 0.717) is 0 Å². The highest BCUT2D eigenvalue weighted by Crippen LogP contribution is 2.02. The molecule has 0 radical (unpaired) electrons. The van der Waals surface area contributed by atoms with Gasteiger partial charge in [0.15, 0.2) is 0 Å². The summed E-state index contributed by atoms with van der Waals surface area (Å²) in [6.07, 6.45) is 4.74. The predicted octanol–water partition coefficient (Wildman–Crippen LogP) is 0.505. The van der Waals surface area contributed by atoms with Crippen molar-refractivity contribution >= 4 is 6.21 Å². The van der Waals surface area contributed by atoms with Gasteiger partial charge in [-0.2, -0.15) is 0 Å². The molecule has 1 aliphatic heterocycles. The lowest BCUT2D eigenvalue weighted by atomic mass is 10.7. The van der Waals surface area contributed by atoms with Crippen molar-refractivity contribution in [1.82, 2.24) is 5.32 Å². The fourth-order valence-corrected chi connectivity index (χ4v) is 0.553. The Labute approximate surface area is 58.5 Å². The molecule has 0 aromatic rings. The molecule has 1 aliphatic rings. The summed E-state index contributed by atoms with van der Waals surface area (Å²) in [7, 11) is 1.44. The summed E-state index contributed by atoms with van der Waals surface area (Å²) in [5, 5.41) is 11.6. The minimum absolute atomic E-state index is 0.0764. The van der Waals surface area contributed by atoms with Gasteiger partial charge in [0.1, 0.15) is 0 Å². The lowest BCUT2D eigenvalue weighted by Gasteiger charge is -2.00. The summed E-state index contributed by atoms with van der Waals surface area (Å²) in [5.74, 6) is 0.109. The molecule has 0 spiro atoms. The van der Waals surface area contributed by atoms with Crippen molar-refractivity contribution in [3.05, 3.63) is 24.0 Å². The third kappa shape index (κ3) is 1.28. The molecule has 0 aromatic heterocycles. The highest BCUT2D eigenvalue weighted by atomic mass is 16.5. The van der Waals surface area contributed by atoms with Gasteiger partial charge in [0.05, 0.1) is 7.11 Å². The maximum absolute atomic E-state index is 9.03. The zero-order valence-corrected chi connectivity index (χ0v) is 5.53. The molecule has 0 fully saturated rings. The molecule has 0 saturated heterocycles. The van der Waals surface area contributed by atoms with Crippen LogP contribution in [0.1, 0.15) is 0 Å². The molecule has 1 rings (SSSR count). The van der Waals surface area contributed by atoms with Gasteiger partial charge in [0, 0.05) is 12.4 Å². The molecule has 4 heteroatoms. The van der Waals surface area contributed by atoms with Crippen molar-refractivity contribution in [2.24, 2.45) is 4.99 Å². The Balaban J connectivity index is 2.82. The molecular formula is C6H8N2O2. The van der Waals surface area contributed by atoms with Crippen LogP contribution >= 0.6 is 0 Å². The first kappa shape index (κ1) is 6.67. The van der Waals surface area contributed by atoms with Gasteiger partial charge in [-0.1, -0.05) is 0 Å². The second-order valence-electron chi connectivity index (χ2n) is 1.64. The number of nitrogens with one attached hydrogen (secondary N) is 1. The fourth-order valence-electron chi connectivity index (χ4n) is 0.553. The first-order chi connectivity index (χ1) is 4.84. The number of methoxy groups -OCH3 is 1. The van der Waals surface area contributed by atoms with Crippen LogP contribution in [0.2, 0.25) is 0 Å². The molecule has 1 heterocycles. The number of aliphatic hydroxyl groups is 1. The number of hydrogen-bond acceptors (Lipinski definition) is 4. The Hall–Kier alpha value is -1.45. The van der Waals surface area contributed by atoms with Crippen molar-refractivity contribution in [2.75, 3.05) is 7.11 Å². The van der Waals surface area contributed by atoms with Crippen LogP contribution < -0.4 is 5.32 Å². The molecule has 0 saturated carbocycles. The molecule has 54 valence electrons. The SMILES string of the molecule is COC1=C(O)NC=CC=N1. The first-order valence-electron chi connectivity index (χ1n) is 2.77. The van der Waals surface area contributed by atoms with Gasteiger partial charge in [-0.3, -0.25) is 0 Å². The average Bonchev–Trinajstić information content (AvgIpc) is 2.13. The van der Waals surface area contributed by atoms with Crippen LogP contribution in [-0.2, 0) is 4.74 Å². The Morgan fingerprint density at radius 3 is 3.20 bits per heavy atom. The summed E-state index contributed by atoms with van der Waals surface area (Å²) in [4.78, 5) is 3.76. The van der Waals surface area contributed by atoms with Crippen LogP contribution in [0.3, 0.4) is 0 Å². The Morgan fingerprint density at radius 2 is 2.50 bits per heavy atom. The standard InChI is InChI=1S/C6H8N2O2/c1-10-6-5(9)7-3-2-4-8-6/h2-4,7,9H,1H3. The third-order valence-corrected chi connectivity index (χ3v) is 0.990. The first-order valence-corrected chi connectivity index (χ1v) is 2.77. The van der Waals surface area contributed by atoms with Crippen molar-refractivity contribution in [2.45, 2.75) is 0 Å². The Morgan fingerprint density at radius 1 is 1.70 bits per heavy atom. The number of rotatable bonds is 1. The normalized spacial score (nSPS) is 16.5. The minimum atomic E-state index is -0.0764. The van der Waals surface area contributed by atoms with Crippen molar-refractivity contribution < 1.29 is 9.84 Å². The molecular weight excluding hydrogens is 132 g/mol. The summed E-state index contributed by atoms with van der Waals surface area (Å²) in [6.45, 7) is 0. The quantitative estimate of drug-likeness (QED) is 0.557. The Kier molecular flexibility index (Phi) is 1.94. The van der Waals surface area contributed by atoms with Gasteiger partial charge in [-0.15, -0.1) is 0 Å². The lowest BCUT2D eigenvalue weighted by Crippen LogP contribution is -2.06. The summed E-state index contributed by atoms with van der Waals surface area (Å²) in [6, 6.07) is 0. The van der Waals surface area contributed by atoms with Gasteiger partial charge in [-0.05, 0) is 6.08 Å². The minimum Gasteiger partial charge on any atom is -0.491 e. The number of allylic oxidation sites excluding steroid dienone is 1. The zero-order valence-electron chi connectivity index (χ0n) is 5.53. The fraction of sp³-hybridized carbons (Fsp3) is 0.167. The number of aliphatic imine (C=N–C) groups is 1. The van der Waals surface area contributed by atoms with E-state index in [1.165, 1.54) is 13.3 Å². The van der Waals surface area contributed by atoms with Gasteiger partial charge < -0.3 is 15.2 Å². The molecule has 0 atom stereocenters. The molecule has 10 heavy (non-hydrogen) atoms. The maximum atomic E-state index is 9.03. The summed E-state index contributed by atoms with van der Waals surface area (Å²) < 4.78 is 4.71. The van der Waals surface area contributed by atoms with E-state index in [-0.39, 0.29) is 11.8 Å². The number of hydrogen-bond donors (Lipinski definition) is 2. The highest BCUT2D eigenvalue weighted by Gasteiger charge is 2.02. The summed E-state index contributed by atoms with van der Waals surface area (Å²) in [5.41, 5.74) is 0. The Bertz CT molecular complexity index is 206.